The van der Waals surface area contributed by atoms with Crippen LogP contribution >= 0.6 is 0 Å². The molecule has 68 valence electrons. The minimum atomic E-state index is -0.789. The average Bonchev–Trinajstić information content (AvgIpc) is 2.05. The van der Waals surface area contributed by atoms with Gasteiger partial charge in [-0.05, 0) is 33.7 Å². The highest BCUT2D eigenvalue weighted by Crippen LogP contribution is 1.93. The molecule has 0 aliphatic carbocycles. The number of rotatable bonds is 5. The summed E-state index contributed by atoms with van der Waals surface area (Å²) < 4.78 is 2.62. The van der Waals surface area contributed by atoms with Gasteiger partial charge in [-0.1, -0.05) is 6.92 Å². The van der Waals surface area contributed by atoms with E-state index in [0.717, 1.165) is 0 Å². The fourth-order valence-electron chi connectivity index (χ4n) is 1.21. The van der Waals surface area contributed by atoms with Gasteiger partial charge in [-0.15, -0.1) is 0 Å². The maximum Gasteiger partial charge on any atom is 0.177 e. The van der Waals surface area contributed by atoms with Crippen LogP contribution in [0.25, 0.3) is 0 Å². The van der Waals surface area contributed by atoms with Crippen molar-refractivity contribution in [3.8, 4) is 0 Å². The van der Waals surface area contributed by atoms with Crippen molar-refractivity contribution in [2.24, 2.45) is 0 Å². The third kappa shape index (κ3) is 3.48. The van der Waals surface area contributed by atoms with Gasteiger partial charge in [0.2, 0.25) is 0 Å². The van der Waals surface area contributed by atoms with Crippen molar-refractivity contribution in [3.05, 3.63) is 0 Å². The van der Waals surface area contributed by atoms with Crippen molar-refractivity contribution < 1.29 is 0 Å². The molecule has 0 aliphatic rings. The zero-order chi connectivity index (χ0) is 8.85. The first-order valence-electron chi connectivity index (χ1n) is 4.27. The Kier molecular flexibility index (Phi) is 6.07. The van der Waals surface area contributed by atoms with Crippen molar-refractivity contribution in [3.63, 3.8) is 0 Å². The number of nitrogens with zero attached hydrogens (tertiary/aromatic N) is 1. The number of hydrogen-bond donors (Lipinski definition) is 2. The van der Waals surface area contributed by atoms with Crippen LogP contribution in [0, 0.1) is 0 Å². The summed E-state index contributed by atoms with van der Waals surface area (Å²) in [5, 5.41) is 0. The quantitative estimate of drug-likeness (QED) is 0.571. The van der Waals surface area contributed by atoms with Crippen molar-refractivity contribution in [1.82, 2.24) is 14.2 Å². The van der Waals surface area contributed by atoms with Gasteiger partial charge in [0.1, 0.15) is 0 Å². The van der Waals surface area contributed by atoms with Gasteiger partial charge in [-0.2, -0.15) is 0 Å². The lowest BCUT2D eigenvalue weighted by atomic mass is 10.8. The molecule has 0 aliphatic heterocycles. The van der Waals surface area contributed by atoms with Gasteiger partial charge in [0.15, 0.2) is 18.2 Å². The molecule has 0 aromatic heterocycles. The predicted octanol–water partition coefficient (Wildman–Crippen LogP) is -0.552. The normalized spacial score (nSPS) is 16.9. The summed E-state index contributed by atoms with van der Waals surface area (Å²) in [4.78, 5) is 6.78. The Morgan fingerprint density at radius 3 is 1.64 bits per heavy atom. The van der Waals surface area contributed by atoms with E-state index in [9.17, 15) is 0 Å². The highest BCUT2D eigenvalue weighted by Gasteiger charge is 2.17. The summed E-state index contributed by atoms with van der Waals surface area (Å²) in [6.07, 6.45) is 0. The van der Waals surface area contributed by atoms with Crippen LogP contribution in [-0.4, -0.2) is 43.1 Å². The Morgan fingerprint density at radius 2 is 1.45 bits per heavy atom. The first-order chi connectivity index (χ1) is 5.17. The molecule has 0 saturated carbocycles. The molecular formula is C6H21N3Si2. The second-order valence-electron chi connectivity index (χ2n) is 2.76. The van der Waals surface area contributed by atoms with Gasteiger partial charge >= 0.3 is 0 Å². The molecule has 2 unspecified atom stereocenters. The SMILES string of the molecule is CCN([SiH](C)NC)[SiH](C)NC. The van der Waals surface area contributed by atoms with Crippen molar-refractivity contribution >= 4 is 18.2 Å². The fourth-order valence-corrected chi connectivity index (χ4v) is 6.55. The fraction of sp³-hybridized carbons (Fsp3) is 1.00. The minimum Gasteiger partial charge on any atom is -0.331 e. The van der Waals surface area contributed by atoms with Crippen LogP contribution in [0.5, 0.6) is 0 Å². The third-order valence-electron chi connectivity index (χ3n) is 2.20. The molecule has 2 N–H and O–H groups in total. The molecule has 0 fully saturated rings. The van der Waals surface area contributed by atoms with E-state index in [1.54, 1.807) is 0 Å². The molecule has 0 spiro atoms. The van der Waals surface area contributed by atoms with Gasteiger partial charge in [0, 0.05) is 0 Å². The Morgan fingerprint density at radius 1 is 1.09 bits per heavy atom. The van der Waals surface area contributed by atoms with Crippen LogP contribution < -0.4 is 9.96 Å². The average molecular weight is 191 g/mol. The van der Waals surface area contributed by atoms with Gasteiger partial charge in [0.05, 0.1) is 0 Å². The zero-order valence-corrected chi connectivity index (χ0v) is 10.6. The highest BCUT2D eigenvalue weighted by atomic mass is 28.4. The lowest BCUT2D eigenvalue weighted by Gasteiger charge is -2.31. The Bertz CT molecular complexity index is 91.8. The van der Waals surface area contributed by atoms with Crippen molar-refractivity contribution in [2.75, 3.05) is 20.6 Å². The molecular weight excluding hydrogens is 170 g/mol. The molecule has 0 radical (unpaired) electrons. The summed E-state index contributed by atoms with van der Waals surface area (Å²) in [5.74, 6) is 0. The molecule has 0 heterocycles. The van der Waals surface area contributed by atoms with Crippen LogP contribution in [0.1, 0.15) is 6.92 Å². The van der Waals surface area contributed by atoms with Gasteiger partial charge in [-0.3, -0.25) is 0 Å². The lowest BCUT2D eigenvalue weighted by Crippen LogP contribution is -2.57. The first-order valence-corrected chi connectivity index (χ1v) is 8.77. The van der Waals surface area contributed by atoms with E-state index in [1.165, 1.54) is 6.54 Å². The summed E-state index contributed by atoms with van der Waals surface area (Å²) in [7, 11) is 2.55. The van der Waals surface area contributed by atoms with E-state index in [0.29, 0.717) is 0 Å². The second-order valence-corrected chi connectivity index (χ2v) is 8.54. The van der Waals surface area contributed by atoms with Crippen LogP contribution in [-0.2, 0) is 0 Å². The Labute approximate surface area is 73.7 Å². The monoisotopic (exact) mass is 191 g/mol. The Hall–Kier alpha value is 0.314. The van der Waals surface area contributed by atoms with Crippen molar-refractivity contribution in [2.45, 2.75) is 20.0 Å². The predicted molar refractivity (Wildman–Crippen MR) is 56.5 cm³/mol. The summed E-state index contributed by atoms with van der Waals surface area (Å²) in [5.41, 5.74) is 0. The molecule has 0 rings (SSSR count). The molecule has 0 aromatic rings. The summed E-state index contributed by atoms with van der Waals surface area (Å²) in [6.45, 7) is 8.10. The van der Waals surface area contributed by atoms with Gasteiger partial charge < -0.3 is 14.2 Å². The van der Waals surface area contributed by atoms with E-state index in [-0.39, 0.29) is 0 Å². The van der Waals surface area contributed by atoms with E-state index >= 15 is 0 Å². The van der Waals surface area contributed by atoms with E-state index < -0.39 is 18.2 Å². The summed E-state index contributed by atoms with van der Waals surface area (Å²) in [6, 6.07) is 0. The zero-order valence-electron chi connectivity index (χ0n) is 8.31. The molecule has 0 bridgehead atoms. The van der Waals surface area contributed by atoms with Crippen LogP contribution in [0.2, 0.25) is 13.1 Å². The Balaban J connectivity index is 3.92. The van der Waals surface area contributed by atoms with Crippen LogP contribution in [0.4, 0.5) is 0 Å². The van der Waals surface area contributed by atoms with Gasteiger partial charge in [0.25, 0.3) is 0 Å². The molecule has 0 aromatic carbocycles. The molecule has 5 heteroatoms. The summed E-state index contributed by atoms with van der Waals surface area (Å²) >= 11 is 0. The largest absolute Gasteiger partial charge is 0.331 e. The van der Waals surface area contributed by atoms with Crippen molar-refractivity contribution in [1.29, 1.82) is 0 Å². The lowest BCUT2D eigenvalue weighted by molar-refractivity contribution is 0.653. The van der Waals surface area contributed by atoms with Crippen LogP contribution in [0.15, 0.2) is 0 Å². The third-order valence-corrected chi connectivity index (χ3v) is 9.27. The van der Waals surface area contributed by atoms with E-state index in [4.69, 9.17) is 0 Å². The second kappa shape index (κ2) is 5.90. The topological polar surface area (TPSA) is 27.3 Å². The maximum atomic E-state index is 3.39. The van der Waals surface area contributed by atoms with E-state index in [2.05, 4.69) is 48.3 Å². The maximum absolute atomic E-state index is 3.39. The minimum absolute atomic E-state index is 0.789. The highest BCUT2D eigenvalue weighted by molar-refractivity contribution is 6.68. The molecule has 11 heavy (non-hydrogen) atoms. The smallest absolute Gasteiger partial charge is 0.177 e. The number of hydrogen-bond acceptors (Lipinski definition) is 3. The molecule has 0 saturated heterocycles. The van der Waals surface area contributed by atoms with E-state index in [1.807, 2.05) is 0 Å². The molecule has 2 atom stereocenters. The molecule has 0 amide bonds. The first kappa shape index (κ1) is 11.3. The van der Waals surface area contributed by atoms with Gasteiger partial charge in [-0.25, -0.2) is 0 Å². The number of nitrogens with one attached hydrogen (secondary N) is 2. The molecule has 3 nitrogen and oxygen atoms in total. The standard InChI is InChI=1S/C6H21N3Si2/c1-6-9(10(4)7-2)11(5)8-3/h7-8,10-11H,6H2,1-5H3. The van der Waals surface area contributed by atoms with Crippen LogP contribution in [0.3, 0.4) is 0 Å².